The number of fused-ring (bicyclic) bond motifs is 1. The van der Waals surface area contributed by atoms with Gasteiger partial charge >= 0.3 is 5.97 Å². The molecule has 0 fully saturated rings. The van der Waals surface area contributed by atoms with Gasteiger partial charge in [-0.2, -0.15) is 0 Å². The van der Waals surface area contributed by atoms with Crippen molar-refractivity contribution in [1.82, 2.24) is 9.88 Å². The van der Waals surface area contributed by atoms with Gasteiger partial charge in [0.15, 0.2) is 3.55 Å². The van der Waals surface area contributed by atoms with E-state index in [-0.39, 0.29) is 0 Å². The molecule has 0 bridgehead atoms. The molecule has 1 aromatic heterocycles. The summed E-state index contributed by atoms with van der Waals surface area (Å²) in [5.74, 6) is -0.785. The van der Waals surface area contributed by atoms with Crippen LogP contribution in [0.2, 0.25) is 0 Å². The number of rotatable bonds is 6. The minimum Gasteiger partial charge on any atom is -0.479 e. The van der Waals surface area contributed by atoms with Crippen molar-refractivity contribution in [3.05, 3.63) is 36.0 Å². The summed E-state index contributed by atoms with van der Waals surface area (Å²) in [6, 6.07) is 7.99. The zero-order valence-electron chi connectivity index (χ0n) is 11.7. The van der Waals surface area contributed by atoms with Crippen LogP contribution < -0.4 is 0 Å². The van der Waals surface area contributed by atoms with Gasteiger partial charge < -0.3 is 10.1 Å². The normalized spacial score (nSPS) is 14.6. The molecule has 2 rings (SSSR count). The molecule has 2 N–H and O–H groups in total. The Bertz CT molecular complexity index is 607. The first kappa shape index (κ1) is 15.3. The van der Waals surface area contributed by atoms with Crippen LogP contribution in [0.3, 0.4) is 0 Å². The number of H-pyrrole nitrogens is 1. The molecule has 0 saturated heterocycles. The average molecular weight is 386 g/mol. The van der Waals surface area contributed by atoms with Crippen molar-refractivity contribution in [1.29, 1.82) is 0 Å². The molecule has 0 aliphatic heterocycles. The number of likely N-dealkylation sites (N-methyl/N-ethyl adjacent to an activating group) is 1. The van der Waals surface area contributed by atoms with Gasteiger partial charge in [0.05, 0.1) is 0 Å². The molecule has 1 heterocycles. The van der Waals surface area contributed by atoms with Crippen LogP contribution >= 0.6 is 22.6 Å². The molecule has 5 heteroatoms. The van der Waals surface area contributed by atoms with Crippen LogP contribution in [0.4, 0.5) is 0 Å². The maximum atomic E-state index is 11.8. The predicted octanol–water partition coefficient (Wildman–Crippen LogP) is 3.27. The number of hydrogen-bond acceptors (Lipinski definition) is 2. The fourth-order valence-corrected chi connectivity index (χ4v) is 3.67. The van der Waals surface area contributed by atoms with E-state index in [4.69, 9.17) is 0 Å². The number of carboxylic acid groups (broad SMARTS) is 1. The number of aromatic nitrogens is 1. The van der Waals surface area contributed by atoms with Crippen LogP contribution in [0.1, 0.15) is 19.4 Å². The number of para-hydroxylation sites is 1. The highest BCUT2D eigenvalue weighted by Crippen LogP contribution is 2.31. The smallest absolute Gasteiger partial charge is 0.334 e. The fourth-order valence-electron chi connectivity index (χ4n) is 2.58. The summed E-state index contributed by atoms with van der Waals surface area (Å²) in [5, 5.41) is 10.8. The first-order valence-corrected chi connectivity index (χ1v) is 7.83. The summed E-state index contributed by atoms with van der Waals surface area (Å²) < 4.78 is -0.910. The summed E-state index contributed by atoms with van der Waals surface area (Å²) in [6.07, 6.45) is 2.40. The van der Waals surface area contributed by atoms with Crippen LogP contribution in [-0.2, 0) is 11.2 Å². The van der Waals surface area contributed by atoms with Crippen molar-refractivity contribution in [3.8, 4) is 0 Å². The molecular formula is C15H19IN2O2. The van der Waals surface area contributed by atoms with Gasteiger partial charge in [-0.05, 0) is 47.3 Å². The largest absolute Gasteiger partial charge is 0.479 e. The Morgan fingerprint density at radius 1 is 1.35 bits per heavy atom. The minimum atomic E-state index is -0.910. The first-order valence-electron chi connectivity index (χ1n) is 6.75. The first-order chi connectivity index (χ1) is 9.52. The number of carbonyl (C=O) groups is 1. The van der Waals surface area contributed by atoms with Gasteiger partial charge in [-0.25, -0.2) is 4.79 Å². The number of alkyl halides is 1. The van der Waals surface area contributed by atoms with Gasteiger partial charge in [-0.1, -0.05) is 32.0 Å². The lowest BCUT2D eigenvalue weighted by molar-refractivity contribution is -0.144. The molecular weight excluding hydrogens is 367 g/mol. The lowest BCUT2D eigenvalue weighted by Gasteiger charge is -2.34. The maximum absolute atomic E-state index is 11.8. The molecule has 0 radical (unpaired) electrons. The number of hydrogen-bond donors (Lipinski definition) is 2. The molecule has 0 unspecified atom stereocenters. The van der Waals surface area contributed by atoms with Crippen molar-refractivity contribution in [2.24, 2.45) is 0 Å². The van der Waals surface area contributed by atoms with Crippen molar-refractivity contribution < 1.29 is 9.90 Å². The van der Waals surface area contributed by atoms with E-state index in [0.29, 0.717) is 19.5 Å². The number of halogens is 1. The summed E-state index contributed by atoms with van der Waals surface area (Å²) >= 11 is 2.07. The fraction of sp³-hybridized carbons (Fsp3) is 0.400. The van der Waals surface area contributed by atoms with Crippen molar-refractivity contribution in [3.63, 3.8) is 0 Å². The topological polar surface area (TPSA) is 56.3 Å². The lowest BCUT2D eigenvalue weighted by Crippen LogP contribution is -2.51. The molecule has 0 spiro atoms. The second kappa shape index (κ2) is 6.13. The Labute approximate surface area is 132 Å². The van der Waals surface area contributed by atoms with Gasteiger partial charge in [-0.15, -0.1) is 0 Å². The van der Waals surface area contributed by atoms with Crippen LogP contribution in [0.25, 0.3) is 10.9 Å². The maximum Gasteiger partial charge on any atom is 0.334 e. The van der Waals surface area contributed by atoms with E-state index in [0.717, 1.165) is 16.5 Å². The number of aromatic amines is 1. The number of nitrogens with zero attached hydrogens (tertiary/aromatic N) is 1. The van der Waals surface area contributed by atoms with Crippen LogP contribution in [0, 0.1) is 0 Å². The Balaban J connectivity index is 2.40. The third-order valence-electron chi connectivity index (χ3n) is 3.69. The summed E-state index contributed by atoms with van der Waals surface area (Å²) in [6.45, 7) is 5.42. The zero-order chi connectivity index (χ0) is 14.8. The lowest BCUT2D eigenvalue weighted by atomic mass is 10.0. The Hall–Kier alpha value is -1.08. The molecule has 0 aliphatic carbocycles. The van der Waals surface area contributed by atoms with Crippen molar-refractivity contribution in [2.45, 2.75) is 23.8 Å². The van der Waals surface area contributed by atoms with Crippen LogP contribution in [-0.4, -0.2) is 37.6 Å². The highest BCUT2D eigenvalue weighted by atomic mass is 127. The summed E-state index contributed by atoms with van der Waals surface area (Å²) in [4.78, 5) is 17.0. The number of nitrogens with one attached hydrogen (secondary N) is 1. The van der Waals surface area contributed by atoms with Crippen molar-refractivity contribution >= 4 is 39.5 Å². The summed E-state index contributed by atoms with van der Waals surface area (Å²) in [7, 11) is 0. The van der Waals surface area contributed by atoms with E-state index < -0.39 is 9.51 Å². The van der Waals surface area contributed by atoms with Crippen LogP contribution in [0.15, 0.2) is 30.5 Å². The molecule has 1 atom stereocenters. The molecule has 20 heavy (non-hydrogen) atoms. The Morgan fingerprint density at radius 2 is 2.00 bits per heavy atom. The zero-order valence-corrected chi connectivity index (χ0v) is 13.8. The van der Waals surface area contributed by atoms with E-state index in [9.17, 15) is 9.90 Å². The van der Waals surface area contributed by atoms with E-state index in [1.165, 1.54) is 0 Å². The highest BCUT2D eigenvalue weighted by molar-refractivity contribution is 14.1. The number of benzene rings is 1. The van der Waals surface area contributed by atoms with Crippen LogP contribution in [0.5, 0.6) is 0 Å². The molecule has 4 nitrogen and oxygen atoms in total. The third kappa shape index (κ3) is 2.69. The quantitative estimate of drug-likeness (QED) is 0.455. The van der Waals surface area contributed by atoms with Gasteiger partial charge in [0, 0.05) is 23.5 Å². The van der Waals surface area contributed by atoms with Gasteiger partial charge in [0.2, 0.25) is 0 Å². The van der Waals surface area contributed by atoms with E-state index in [1.807, 2.05) is 49.2 Å². The van der Waals surface area contributed by atoms with Gasteiger partial charge in [0.25, 0.3) is 0 Å². The second-order valence-electron chi connectivity index (χ2n) is 4.77. The molecule has 108 valence electrons. The Morgan fingerprint density at radius 3 is 2.60 bits per heavy atom. The molecule has 2 aromatic rings. The highest BCUT2D eigenvalue weighted by Gasteiger charge is 2.40. The monoisotopic (exact) mass is 386 g/mol. The predicted molar refractivity (Wildman–Crippen MR) is 89.3 cm³/mol. The van der Waals surface area contributed by atoms with Gasteiger partial charge in [0.1, 0.15) is 0 Å². The molecule has 1 aromatic carbocycles. The third-order valence-corrected chi connectivity index (χ3v) is 5.22. The SMILES string of the molecule is CCN(CC)[C@](I)(Cc1c[nH]c2ccccc12)C(=O)O. The van der Waals surface area contributed by atoms with Crippen molar-refractivity contribution in [2.75, 3.05) is 13.1 Å². The standard InChI is InChI=1S/C15H19IN2O2/c1-3-18(4-2)15(16,14(19)20)9-11-10-17-13-8-6-5-7-12(11)13/h5-8,10,17H,3-4,9H2,1-2H3,(H,19,20)/t15-/m1/s1. The average Bonchev–Trinajstić information content (AvgIpc) is 2.83. The molecule has 0 aliphatic rings. The molecule has 0 amide bonds. The van der Waals surface area contributed by atoms with E-state index in [2.05, 4.69) is 27.6 Å². The number of carboxylic acids is 1. The summed E-state index contributed by atoms with van der Waals surface area (Å²) in [5.41, 5.74) is 2.09. The minimum absolute atomic E-state index is 0.481. The molecule has 0 saturated carbocycles. The van der Waals surface area contributed by atoms with E-state index >= 15 is 0 Å². The van der Waals surface area contributed by atoms with E-state index in [1.54, 1.807) is 0 Å². The van der Waals surface area contributed by atoms with Gasteiger partial charge in [-0.3, -0.25) is 4.90 Å². The number of aliphatic carboxylic acids is 1. The Kier molecular flexibility index (Phi) is 4.70. The second-order valence-corrected chi connectivity index (χ2v) is 6.56.